The van der Waals surface area contributed by atoms with E-state index in [9.17, 15) is 4.79 Å². The molecule has 0 aliphatic heterocycles. The van der Waals surface area contributed by atoms with Crippen molar-refractivity contribution in [2.45, 2.75) is 6.92 Å². The Morgan fingerprint density at radius 2 is 1.86 bits per heavy atom. The molecule has 2 aromatic carbocycles. The molecule has 1 N–H and O–H groups in total. The molecule has 0 saturated heterocycles. The number of likely N-dealkylation sites (N-methyl/N-ethyl adjacent to an activating group) is 1. The summed E-state index contributed by atoms with van der Waals surface area (Å²) in [6, 6.07) is 15.4. The Morgan fingerprint density at radius 1 is 1.18 bits per heavy atom. The molecule has 2 amide bonds. The predicted octanol–water partition coefficient (Wildman–Crippen LogP) is 4.14. The van der Waals surface area contributed by atoms with Gasteiger partial charge in [-0.25, -0.2) is 4.79 Å². The number of nitrogens with zero attached hydrogens (tertiary/aromatic N) is 1. The molecule has 0 unspecified atom stereocenters. The van der Waals surface area contributed by atoms with Gasteiger partial charge < -0.3 is 15.0 Å². The fourth-order valence-electron chi connectivity index (χ4n) is 1.89. The Bertz CT molecular complexity index is 646. The van der Waals surface area contributed by atoms with Crippen LogP contribution in [0.1, 0.15) is 5.56 Å². The molecule has 2 rings (SSSR count). The average molecular weight is 410 g/mol. The fraction of sp³-hybridized carbons (Fsp3) is 0.235. The first-order chi connectivity index (χ1) is 10.6. The maximum atomic E-state index is 12.1. The van der Waals surface area contributed by atoms with Crippen molar-refractivity contribution in [3.8, 4) is 5.75 Å². The minimum absolute atomic E-state index is 0.141. The van der Waals surface area contributed by atoms with Gasteiger partial charge in [-0.15, -0.1) is 0 Å². The number of rotatable bonds is 5. The summed E-state index contributed by atoms with van der Waals surface area (Å²) in [6.45, 7) is 2.98. The molecule has 0 fully saturated rings. The van der Waals surface area contributed by atoms with Gasteiger partial charge >= 0.3 is 6.03 Å². The maximum absolute atomic E-state index is 12.1. The minimum atomic E-state index is -0.141. The first-order valence-corrected chi connectivity index (χ1v) is 8.11. The molecule has 0 saturated carbocycles. The normalized spacial score (nSPS) is 10.1. The van der Waals surface area contributed by atoms with Crippen molar-refractivity contribution < 1.29 is 9.53 Å². The van der Waals surface area contributed by atoms with E-state index in [1.807, 2.05) is 55.5 Å². The van der Waals surface area contributed by atoms with Gasteiger partial charge in [0.15, 0.2) is 0 Å². The lowest BCUT2D eigenvalue weighted by molar-refractivity contribution is 0.207. The number of hydrogen-bond donors (Lipinski definition) is 1. The van der Waals surface area contributed by atoms with Gasteiger partial charge in [-0.1, -0.05) is 30.3 Å². The van der Waals surface area contributed by atoms with Crippen molar-refractivity contribution in [2.75, 3.05) is 25.5 Å². The van der Waals surface area contributed by atoms with Crippen LogP contribution >= 0.6 is 22.6 Å². The highest BCUT2D eigenvalue weighted by molar-refractivity contribution is 14.1. The van der Waals surface area contributed by atoms with Crippen molar-refractivity contribution in [3.05, 3.63) is 57.7 Å². The topological polar surface area (TPSA) is 41.6 Å². The van der Waals surface area contributed by atoms with E-state index in [-0.39, 0.29) is 6.03 Å². The maximum Gasteiger partial charge on any atom is 0.321 e. The molecule has 0 aliphatic carbocycles. The van der Waals surface area contributed by atoms with Crippen LogP contribution in [0, 0.1) is 10.5 Å². The molecule has 5 heteroatoms. The second-order valence-electron chi connectivity index (χ2n) is 4.95. The molecular weight excluding hydrogens is 391 g/mol. The van der Waals surface area contributed by atoms with Crippen LogP contribution in [0.2, 0.25) is 0 Å². The van der Waals surface area contributed by atoms with Gasteiger partial charge in [0.2, 0.25) is 0 Å². The van der Waals surface area contributed by atoms with E-state index in [0.29, 0.717) is 13.2 Å². The van der Waals surface area contributed by atoms with Gasteiger partial charge in [-0.2, -0.15) is 0 Å². The Hall–Kier alpha value is -1.76. The number of hydrogen-bond acceptors (Lipinski definition) is 2. The monoisotopic (exact) mass is 410 g/mol. The Kier molecular flexibility index (Phi) is 6.06. The minimum Gasteiger partial charge on any atom is -0.491 e. The highest BCUT2D eigenvalue weighted by Crippen LogP contribution is 2.18. The van der Waals surface area contributed by atoms with E-state index in [1.165, 1.54) is 0 Å². The van der Waals surface area contributed by atoms with Crippen molar-refractivity contribution in [3.63, 3.8) is 0 Å². The molecule has 4 nitrogen and oxygen atoms in total. The van der Waals surface area contributed by atoms with Gasteiger partial charge in [0.05, 0.1) is 12.2 Å². The number of urea groups is 1. The van der Waals surface area contributed by atoms with Crippen LogP contribution in [0.25, 0.3) is 0 Å². The molecule has 2 aromatic rings. The van der Waals surface area contributed by atoms with Crippen LogP contribution in [-0.4, -0.2) is 31.1 Å². The molecular formula is C17H19IN2O2. The molecule has 0 heterocycles. The lowest BCUT2D eigenvalue weighted by Crippen LogP contribution is -2.34. The van der Waals surface area contributed by atoms with Gasteiger partial charge in [0.25, 0.3) is 0 Å². The number of nitrogens with one attached hydrogen (secondary N) is 1. The number of ether oxygens (including phenoxy) is 1. The zero-order chi connectivity index (χ0) is 15.9. The SMILES string of the molecule is Cc1ccccc1OCCN(C)C(=O)Nc1ccccc1I. The van der Waals surface area contributed by atoms with Crippen LogP contribution in [0.15, 0.2) is 48.5 Å². The van der Waals surface area contributed by atoms with Gasteiger partial charge in [0.1, 0.15) is 12.4 Å². The summed E-state index contributed by atoms with van der Waals surface area (Å²) < 4.78 is 6.72. The number of para-hydroxylation sites is 2. The average Bonchev–Trinajstić information content (AvgIpc) is 2.51. The molecule has 116 valence electrons. The summed E-state index contributed by atoms with van der Waals surface area (Å²) in [4.78, 5) is 13.7. The Morgan fingerprint density at radius 3 is 2.59 bits per heavy atom. The molecule has 0 spiro atoms. The zero-order valence-electron chi connectivity index (χ0n) is 12.7. The third-order valence-corrected chi connectivity index (χ3v) is 4.18. The van der Waals surface area contributed by atoms with E-state index in [2.05, 4.69) is 27.9 Å². The third-order valence-electron chi connectivity index (χ3n) is 3.24. The first kappa shape index (κ1) is 16.6. The summed E-state index contributed by atoms with van der Waals surface area (Å²) in [5, 5.41) is 2.89. The number of carbonyl (C=O) groups is 1. The summed E-state index contributed by atoms with van der Waals surface area (Å²) in [7, 11) is 1.76. The second kappa shape index (κ2) is 8.03. The van der Waals surface area contributed by atoms with Crippen LogP contribution in [0.4, 0.5) is 10.5 Å². The zero-order valence-corrected chi connectivity index (χ0v) is 14.8. The molecule has 0 aromatic heterocycles. The number of halogens is 1. The molecule has 0 atom stereocenters. The summed E-state index contributed by atoms with van der Waals surface area (Å²) >= 11 is 2.20. The molecule has 0 bridgehead atoms. The highest BCUT2D eigenvalue weighted by Gasteiger charge is 2.10. The van der Waals surface area contributed by atoms with Crippen LogP contribution in [0.5, 0.6) is 5.75 Å². The number of benzene rings is 2. The Balaban J connectivity index is 1.82. The van der Waals surface area contributed by atoms with Crippen LogP contribution < -0.4 is 10.1 Å². The van der Waals surface area contributed by atoms with E-state index in [4.69, 9.17) is 4.74 Å². The lowest BCUT2D eigenvalue weighted by Gasteiger charge is -2.19. The number of anilines is 1. The molecule has 22 heavy (non-hydrogen) atoms. The first-order valence-electron chi connectivity index (χ1n) is 7.03. The second-order valence-corrected chi connectivity index (χ2v) is 6.11. The Labute approximate surface area is 144 Å². The van der Waals surface area contributed by atoms with E-state index >= 15 is 0 Å². The van der Waals surface area contributed by atoms with Crippen LogP contribution in [0.3, 0.4) is 0 Å². The summed E-state index contributed by atoms with van der Waals surface area (Å²) in [5.41, 5.74) is 1.91. The van der Waals surface area contributed by atoms with Crippen molar-refractivity contribution >= 4 is 34.3 Å². The standard InChI is InChI=1S/C17H19IN2O2/c1-13-7-3-6-10-16(13)22-12-11-20(2)17(21)19-15-9-5-4-8-14(15)18/h3-10H,11-12H2,1-2H3,(H,19,21). The van der Waals surface area contributed by atoms with Gasteiger partial charge in [-0.3, -0.25) is 0 Å². The predicted molar refractivity (Wildman–Crippen MR) is 97.5 cm³/mol. The highest BCUT2D eigenvalue weighted by atomic mass is 127. The molecule has 0 radical (unpaired) electrons. The fourth-order valence-corrected chi connectivity index (χ4v) is 2.41. The van der Waals surface area contributed by atoms with E-state index in [0.717, 1.165) is 20.6 Å². The summed E-state index contributed by atoms with van der Waals surface area (Å²) in [5.74, 6) is 0.855. The number of amides is 2. The van der Waals surface area contributed by atoms with Crippen molar-refractivity contribution in [2.24, 2.45) is 0 Å². The smallest absolute Gasteiger partial charge is 0.321 e. The third kappa shape index (κ3) is 4.62. The lowest BCUT2D eigenvalue weighted by atomic mass is 10.2. The number of aryl methyl sites for hydroxylation is 1. The largest absolute Gasteiger partial charge is 0.491 e. The molecule has 0 aliphatic rings. The van der Waals surface area contributed by atoms with E-state index < -0.39 is 0 Å². The van der Waals surface area contributed by atoms with E-state index in [1.54, 1.807) is 11.9 Å². The van der Waals surface area contributed by atoms with Crippen molar-refractivity contribution in [1.29, 1.82) is 0 Å². The van der Waals surface area contributed by atoms with Gasteiger partial charge in [0, 0.05) is 10.6 Å². The van der Waals surface area contributed by atoms with Gasteiger partial charge in [-0.05, 0) is 53.3 Å². The quantitative estimate of drug-likeness (QED) is 0.753. The van der Waals surface area contributed by atoms with Crippen LogP contribution in [-0.2, 0) is 0 Å². The van der Waals surface area contributed by atoms with Crippen molar-refractivity contribution in [1.82, 2.24) is 4.90 Å². The summed E-state index contributed by atoms with van der Waals surface area (Å²) in [6.07, 6.45) is 0. The number of carbonyl (C=O) groups excluding carboxylic acids is 1.